The fourth-order valence-corrected chi connectivity index (χ4v) is 5.57. The summed E-state index contributed by atoms with van der Waals surface area (Å²) in [5, 5.41) is 30.2. The topological polar surface area (TPSA) is 60.7 Å². The number of hydrogen-bond acceptors (Lipinski definition) is 3. The van der Waals surface area contributed by atoms with E-state index in [4.69, 9.17) is 0 Å². The summed E-state index contributed by atoms with van der Waals surface area (Å²) in [6.45, 7) is 2.16. The van der Waals surface area contributed by atoms with Gasteiger partial charge in [0.2, 0.25) is 0 Å². The Hall–Kier alpha value is -1.06. The summed E-state index contributed by atoms with van der Waals surface area (Å²) in [6, 6.07) is 0. The number of aliphatic hydroxyl groups excluding tert-OH is 3. The molecule has 0 aromatic carbocycles. The average Bonchev–Trinajstić information content (AvgIpc) is 2.70. The van der Waals surface area contributed by atoms with Gasteiger partial charge in [0.15, 0.2) is 0 Å². The van der Waals surface area contributed by atoms with Gasteiger partial charge in [-0.3, -0.25) is 0 Å². The van der Waals surface area contributed by atoms with Gasteiger partial charge in [-0.1, -0.05) is 19.1 Å². The Kier molecular flexibility index (Phi) is 2.89. The van der Waals surface area contributed by atoms with E-state index in [1.807, 2.05) is 12.2 Å². The Balaban J connectivity index is 1.68. The molecule has 7 atom stereocenters. The molecule has 0 saturated heterocycles. The van der Waals surface area contributed by atoms with Crippen LogP contribution in [0.4, 0.5) is 0 Å². The van der Waals surface area contributed by atoms with E-state index in [0.717, 1.165) is 25.7 Å². The van der Waals surface area contributed by atoms with E-state index in [1.165, 1.54) is 5.57 Å². The molecule has 0 aliphatic heterocycles. The minimum Gasteiger partial charge on any atom is -0.508 e. The lowest BCUT2D eigenvalue weighted by Gasteiger charge is -2.51. The lowest BCUT2D eigenvalue weighted by molar-refractivity contribution is -0.0611. The molecular formula is C18H24O3. The molecule has 3 heteroatoms. The quantitative estimate of drug-likeness (QED) is 0.642. The summed E-state index contributed by atoms with van der Waals surface area (Å²) in [5.74, 6) is 2.29. The summed E-state index contributed by atoms with van der Waals surface area (Å²) in [4.78, 5) is 0. The van der Waals surface area contributed by atoms with Crippen LogP contribution in [0.3, 0.4) is 0 Å². The SMILES string of the molecule is C[C@]12CC[C@H]3[C@@H](CC=C4C=C(O)C=C[C@@H]43)[C@@H]1C[C@H](O)[C@H]2O. The number of fused-ring (bicyclic) bond motifs is 5. The van der Waals surface area contributed by atoms with E-state index in [9.17, 15) is 15.3 Å². The van der Waals surface area contributed by atoms with E-state index in [0.29, 0.717) is 29.4 Å². The minimum absolute atomic E-state index is 0.123. The molecule has 0 amide bonds. The van der Waals surface area contributed by atoms with Crippen LogP contribution >= 0.6 is 0 Å². The molecule has 0 radical (unpaired) electrons. The molecule has 0 bridgehead atoms. The highest BCUT2D eigenvalue weighted by molar-refractivity contribution is 5.38. The highest BCUT2D eigenvalue weighted by atomic mass is 16.3. The average molecular weight is 288 g/mol. The zero-order chi connectivity index (χ0) is 14.8. The van der Waals surface area contributed by atoms with Crippen LogP contribution in [0.25, 0.3) is 0 Å². The fourth-order valence-electron chi connectivity index (χ4n) is 5.57. The highest BCUT2D eigenvalue weighted by Gasteiger charge is 2.58. The molecule has 4 aliphatic carbocycles. The van der Waals surface area contributed by atoms with Gasteiger partial charge in [0.25, 0.3) is 0 Å². The Morgan fingerprint density at radius 3 is 2.86 bits per heavy atom. The molecule has 4 rings (SSSR count). The van der Waals surface area contributed by atoms with Crippen LogP contribution in [0.2, 0.25) is 0 Å². The first-order valence-electron chi connectivity index (χ1n) is 8.16. The highest BCUT2D eigenvalue weighted by Crippen LogP contribution is 2.60. The second-order valence-corrected chi connectivity index (χ2v) is 7.62. The predicted octanol–water partition coefficient (Wildman–Crippen LogP) is 2.72. The summed E-state index contributed by atoms with van der Waals surface area (Å²) in [6.07, 6.45) is 10.8. The van der Waals surface area contributed by atoms with Crippen molar-refractivity contribution >= 4 is 0 Å². The zero-order valence-corrected chi connectivity index (χ0v) is 12.4. The molecule has 2 saturated carbocycles. The molecule has 114 valence electrons. The van der Waals surface area contributed by atoms with Gasteiger partial charge in [-0.2, -0.15) is 0 Å². The van der Waals surface area contributed by atoms with Gasteiger partial charge in [0.1, 0.15) is 5.76 Å². The van der Waals surface area contributed by atoms with Crippen LogP contribution in [-0.4, -0.2) is 27.5 Å². The normalized spacial score (nSPS) is 51.6. The monoisotopic (exact) mass is 288 g/mol. The number of allylic oxidation sites excluding steroid dienone is 5. The van der Waals surface area contributed by atoms with E-state index < -0.39 is 12.2 Å². The fraction of sp³-hybridized carbons (Fsp3) is 0.667. The van der Waals surface area contributed by atoms with Crippen molar-refractivity contribution in [2.45, 2.75) is 44.8 Å². The third-order valence-electron chi connectivity index (χ3n) is 6.73. The largest absolute Gasteiger partial charge is 0.508 e. The van der Waals surface area contributed by atoms with Crippen molar-refractivity contribution in [3.8, 4) is 0 Å². The van der Waals surface area contributed by atoms with E-state index in [-0.39, 0.29) is 5.41 Å². The van der Waals surface area contributed by atoms with E-state index in [2.05, 4.69) is 19.1 Å². The van der Waals surface area contributed by atoms with Crippen molar-refractivity contribution < 1.29 is 15.3 Å². The van der Waals surface area contributed by atoms with Crippen LogP contribution in [-0.2, 0) is 0 Å². The zero-order valence-electron chi connectivity index (χ0n) is 12.4. The molecule has 0 heterocycles. The smallest absolute Gasteiger partial charge is 0.115 e. The second kappa shape index (κ2) is 4.47. The molecule has 0 unspecified atom stereocenters. The first-order chi connectivity index (χ1) is 10.0. The molecule has 3 N–H and O–H groups in total. The van der Waals surface area contributed by atoms with Gasteiger partial charge in [-0.15, -0.1) is 0 Å². The molecule has 4 aliphatic rings. The molecule has 2 fully saturated rings. The molecule has 0 aromatic heterocycles. The standard InChI is InChI=1S/C18H24O3/c1-18-7-6-13-12-5-3-11(19)8-10(12)2-4-14(13)15(18)9-16(20)17(18)21/h2-3,5,8,12-17,19-21H,4,6-7,9H2,1H3/t12-,13+,14+,15-,16-,17+,18-/m0/s1. The lowest BCUT2D eigenvalue weighted by Crippen LogP contribution is -2.46. The number of rotatable bonds is 0. The Morgan fingerprint density at radius 2 is 2.05 bits per heavy atom. The maximum Gasteiger partial charge on any atom is 0.115 e. The van der Waals surface area contributed by atoms with E-state index in [1.54, 1.807) is 0 Å². The summed E-state index contributed by atoms with van der Waals surface area (Å²) in [7, 11) is 0. The van der Waals surface area contributed by atoms with Crippen LogP contribution in [0.5, 0.6) is 0 Å². The van der Waals surface area contributed by atoms with Crippen molar-refractivity contribution in [2.24, 2.45) is 29.1 Å². The lowest BCUT2D eigenvalue weighted by atomic mass is 9.54. The van der Waals surface area contributed by atoms with Gasteiger partial charge in [-0.25, -0.2) is 0 Å². The van der Waals surface area contributed by atoms with Crippen molar-refractivity contribution in [1.29, 1.82) is 0 Å². The van der Waals surface area contributed by atoms with Gasteiger partial charge < -0.3 is 15.3 Å². The minimum atomic E-state index is -0.570. The summed E-state index contributed by atoms with van der Waals surface area (Å²) < 4.78 is 0. The van der Waals surface area contributed by atoms with Crippen LogP contribution in [0.15, 0.2) is 35.6 Å². The number of hydrogen-bond donors (Lipinski definition) is 3. The van der Waals surface area contributed by atoms with E-state index >= 15 is 0 Å². The van der Waals surface area contributed by atoms with Crippen molar-refractivity contribution in [3.63, 3.8) is 0 Å². The summed E-state index contributed by atoms with van der Waals surface area (Å²) >= 11 is 0. The van der Waals surface area contributed by atoms with Crippen molar-refractivity contribution in [1.82, 2.24) is 0 Å². The van der Waals surface area contributed by atoms with Crippen LogP contribution < -0.4 is 0 Å². The second-order valence-electron chi connectivity index (χ2n) is 7.62. The van der Waals surface area contributed by atoms with Gasteiger partial charge in [0.05, 0.1) is 12.2 Å². The van der Waals surface area contributed by atoms with Gasteiger partial charge >= 0.3 is 0 Å². The third-order valence-corrected chi connectivity index (χ3v) is 6.73. The Bertz CT molecular complexity index is 547. The molecule has 0 spiro atoms. The van der Waals surface area contributed by atoms with Gasteiger partial charge in [-0.05, 0) is 66.6 Å². The third kappa shape index (κ3) is 1.80. The maximum absolute atomic E-state index is 10.4. The van der Waals surface area contributed by atoms with Crippen molar-refractivity contribution in [2.75, 3.05) is 0 Å². The maximum atomic E-state index is 10.4. The molecular weight excluding hydrogens is 264 g/mol. The predicted molar refractivity (Wildman–Crippen MR) is 80.5 cm³/mol. The van der Waals surface area contributed by atoms with Gasteiger partial charge in [0, 0.05) is 5.92 Å². The molecule has 21 heavy (non-hydrogen) atoms. The number of aliphatic hydroxyl groups is 3. The Labute approximate surface area is 125 Å². The molecule has 0 aromatic rings. The molecule has 3 nitrogen and oxygen atoms in total. The van der Waals surface area contributed by atoms with Crippen LogP contribution in [0, 0.1) is 29.1 Å². The first kappa shape index (κ1) is 13.6. The van der Waals surface area contributed by atoms with Crippen molar-refractivity contribution in [3.05, 3.63) is 35.6 Å². The first-order valence-corrected chi connectivity index (χ1v) is 8.16. The van der Waals surface area contributed by atoms with Crippen LogP contribution in [0.1, 0.15) is 32.6 Å². The Morgan fingerprint density at radius 1 is 1.24 bits per heavy atom. The summed E-state index contributed by atoms with van der Waals surface area (Å²) in [5.41, 5.74) is 1.13.